The molecule has 1 aromatic carbocycles. The molecule has 0 fully saturated rings. The molecule has 8 heteroatoms. The van der Waals surface area contributed by atoms with Gasteiger partial charge in [-0.2, -0.15) is 5.10 Å². The van der Waals surface area contributed by atoms with E-state index in [2.05, 4.69) is 10.5 Å². The summed E-state index contributed by atoms with van der Waals surface area (Å²) in [4.78, 5) is 22.3. The molecule has 0 radical (unpaired) electrons. The third kappa shape index (κ3) is 3.69. The molecule has 0 saturated heterocycles. The molecule has 0 atom stereocenters. The van der Waals surface area contributed by atoms with Gasteiger partial charge in [0.2, 0.25) is 0 Å². The van der Waals surface area contributed by atoms with Crippen LogP contribution in [0.2, 0.25) is 0 Å². The van der Waals surface area contributed by atoms with Crippen LogP contribution in [0.3, 0.4) is 0 Å². The van der Waals surface area contributed by atoms with Gasteiger partial charge >= 0.3 is 5.91 Å². The van der Waals surface area contributed by atoms with Crippen LogP contribution in [-0.2, 0) is 0 Å². The van der Waals surface area contributed by atoms with Gasteiger partial charge in [-0.05, 0) is 44.2 Å². The number of hydrogen-bond acceptors (Lipinski definition) is 6. The fourth-order valence-corrected chi connectivity index (χ4v) is 2.36. The molecule has 2 aromatic heterocycles. The summed E-state index contributed by atoms with van der Waals surface area (Å²) in [6.07, 6.45) is 1.49. The Bertz CT molecular complexity index is 983. The van der Waals surface area contributed by atoms with Crippen molar-refractivity contribution in [3.63, 3.8) is 0 Å². The standard InChI is InChI=1S/C18H15N3O5/c1-11-9-14(12(2)25-11)10-19-20-18(22)17-8-7-16(26-17)13-3-5-15(6-4-13)21(23)24/h3-10H,1-2H3,(H,20,22)/b19-10+. The van der Waals surface area contributed by atoms with Crippen LogP contribution in [0, 0.1) is 24.0 Å². The molecule has 1 N–H and O–H groups in total. The van der Waals surface area contributed by atoms with Gasteiger partial charge in [0, 0.05) is 23.3 Å². The van der Waals surface area contributed by atoms with E-state index in [9.17, 15) is 14.9 Å². The van der Waals surface area contributed by atoms with Gasteiger partial charge in [0.15, 0.2) is 5.76 Å². The SMILES string of the molecule is Cc1cc(/C=N/NC(=O)c2ccc(-c3ccc([N+](=O)[O-])cc3)o2)c(C)o1. The second kappa shape index (κ2) is 7.06. The number of non-ortho nitro benzene ring substituents is 1. The second-order valence-corrected chi connectivity index (χ2v) is 5.54. The van der Waals surface area contributed by atoms with Gasteiger partial charge in [-0.15, -0.1) is 0 Å². The van der Waals surface area contributed by atoms with Crippen molar-refractivity contribution in [2.24, 2.45) is 5.10 Å². The summed E-state index contributed by atoms with van der Waals surface area (Å²) < 4.78 is 10.9. The minimum absolute atomic E-state index is 0.0163. The highest BCUT2D eigenvalue weighted by molar-refractivity contribution is 5.93. The van der Waals surface area contributed by atoms with Crippen LogP contribution in [0.4, 0.5) is 5.69 Å². The zero-order chi connectivity index (χ0) is 18.7. The minimum atomic E-state index is -0.507. The van der Waals surface area contributed by atoms with Crippen LogP contribution in [-0.4, -0.2) is 17.0 Å². The first-order valence-electron chi connectivity index (χ1n) is 7.69. The van der Waals surface area contributed by atoms with Crippen molar-refractivity contribution in [1.82, 2.24) is 5.43 Å². The monoisotopic (exact) mass is 353 g/mol. The van der Waals surface area contributed by atoms with E-state index in [1.54, 1.807) is 25.1 Å². The highest BCUT2D eigenvalue weighted by atomic mass is 16.6. The average molecular weight is 353 g/mol. The Morgan fingerprint density at radius 3 is 2.50 bits per heavy atom. The highest BCUT2D eigenvalue weighted by Gasteiger charge is 2.13. The molecule has 0 aliphatic rings. The van der Waals surface area contributed by atoms with E-state index in [1.165, 1.54) is 24.4 Å². The van der Waals surface area contributed by atoms with Crippen LogP contribution in [0.5, 0.6) is 0 Å². The number of carbonyl (C=O) groups is 1. The van der Waals surface area contributed by atoms with Crippen LogP contribution in [0.15, 0.2) is 56.4 Å². The fourth-order valence-electron chi connectivity index (χ4n) is 2.36. The number of benzene rings is 1. The summed E-state index contributed by atoms with van der Waals surface area (Å²) in [6.45, 7) is 3.63. The Kier molecular flexibility index (Phi) is 4.66. The van der Waals surface area contributed by atoms with Gasteiger partial charge < -0.3 is 8.83 Å². The molecule has 26 heavy (non-hydrogen) atoms. The number of hydrogen-bond donors (Lipinski definition) is 1. The normalized spacial score (nSPS) is 11.0. The molecule has 2 heterocycles. The van der Waals surface area contributed by atoms with E-state index < -0.39 is 10.8 Å². The van der Waals surface area contributed by atoms with Gasteiger partial charge in [-0.3, -0.25) is 14.9 Å². The number of aryl methyl sites for hydroxylation is 2. The first-order chi connectivity index (χ1) is 12.4. The number of nitrogens with zero attached hydrogens (tertiary/aromatic N) is 2. The fraction of sp³-hybridized carbons (Fsp3) is 0.111. The molecule has 3 rings (SSSR count). The summed E-state index contributed by atoms with van der Waals surface area (Å²) in [5, 5.41) is 14.6. The smallest absolute Gasteiger partial charge is 0.307 e. The summed E-state index contributed by atoms with van der Waals surface area (Å²) in [6, 6.07) is 10.8. The van der Waals surface area contributed by atoms with Gasteiger partial charge in [0.25, 0.3) is 5.69 Å². The lowest BCUT2D eigenvalue weighted by atomic mass is 10.1. The number of rotatable bonds is 5. The van der Waals surface area contributed by atoms with Crippen molar-refractivity contribution in [2.75, 3.05) is 0 Å². The van der Waals surface area contributed by atoms with E-state index in [-0.39, 0.29) is 11.4 Å². The average Bonchev–Trinajstić information content (AvgIpc) is 3.22. The molecule has 3 aromatic rings. The minimum Gasteiger partial charge on any atom is -0.466 e. The van der Waals surface area contributed by atoms with Crippen molar-refractivity contribution in [1.29, 1.82) is 0 Å². The largest absolute Gasteiger partial charge is 0.466 e. The predicted molar refractivity (Wildman–Crippen MR) is 94.0 cm³/mol. The number of furan rings is 2. The Morgan fingerprint density at radius 2 is 1.88 bits per heavy atom. The molecule has 0 spiro atoms. The molecule has 8 nitrogen and oxygen atoms in total. The predicted octanol–water partition coefficient (Wildman–Crippen LogP) is 3.83. The maximum absolute atomic E-state index is 12.1. The Hall–Kier alpha value is -3.68. The topological polar surface area (TPSA) is 111 Å². The molecule has 0 aliphatic carbocycles. The van der Waals surface area contributed by atoms with Crippen LogP contribution < -0.4 is 5.43 Å². The Balaban J connectivity index is 1.68. The van der Waals surface area contributed by atoms with Gasteiger partial charge in [-0.1, -0.05) is 0 Å². The van der Waals surface area contributed by atoms with Gasteiger partial charge in [-0.25, -0.2) is 5.43 Å². The highest BCUT2D eigenvalue weighted by Crippen LogP contribution is 2.24. The molecular formula is C18H15N3O5. The lowest BCUT2D eigenvalue weighted by Crippen LogP contribution is -2.16. The van der Waals surface area contributed by atoms with Crippen LogP contribution in [0.1, 0.15) is 27.6 Å². The number of nitrogens with one attached hydrogen (secondary N) is 1. The summed E-state index contributed by atoms with van der Waals surface area (Å²) >= 11 is 0. The van der Waals surface area contributed by atoms with Crippen LogP contribution >= 0.6 is 0 Å². The maximum atomic E-state index is 12.1. The lowest BCUT2D eigenvalue weighted by molar-refractivity contribution is -0.384. The molecule has 0 bridgehead atoms. The lowest BCUT2D eigenvalue weighted by Gasteiger charge is -1.98. The molecule has 0 aliphatic heterocycles. The summed E-state index contributed by atoms with van der Waals surface area (Å²) in [5.41, 5.74) is 3.76. The van der Waals surface area contributed by atoms with Crippen molar-refractivity contribution < 1.29 is 18.6 Å². The molecular weight excluding hydrogens is 338 g/mol. The van der Waals surface area contributed by atoms with E-state index in [0.717, 1.165) is 11.3 Å². The third-order valence-corrected chi connectivity index (χ3v) is 3.64. The molecule has 132 valence electrons. The number of carbonyl (C=O) groups excluding carboxylic acids is 1. The third-order valence-electron chi connectivity index (χ3n) is 3.64. The second-order valence-electron chi connectivity index (χ2n) is 5.54. The van der Waals surface area contributed by atoms with E-state index in [4.69, 9.17) is 8.83 Å². The van der Waals surface area contributed by atoms with Crippen LogP contribution in [0.25, 0.3) is 11.3 Å². The van der Waals surface area contributed by atoms with Crippen molar-refractivity contribution in [3.05, 3.63) is 75.4 Å². The number of nitro groups is 1. The van der Waals surface area contributed by atoms with E-state index >= 15 is 0 Å². The quantitative estimate of drug-likeness (QED) is 0.426. The molecule has 1 amide bonds. The van der Waals surface area contributed by atoms with E-state index in [0.29, 0.717) is 17.1 Å². The first-order valence-corrected chi connectivity index (χ1v) is 7.69. The van der Waals surface area contributed by atoms with Crippen molar-refractivity contribution >= 4 is 17.8 Å². The van der Waals surface area contributed by atoms with Crippen molar-refractivity contribution in [2.45, 2.75) is 13.8 Å². The van der Waals surface area contributed by atoms with Gasteiger partial charge in [0.05, 0.1) is 11.1 Å². The maximum Gasteiger partial charge on any atom is 0.307 e. The van der Waals surface area contributed by atoms with Gasteiger partial charge in [0.1, 0.15) is 17.3 Å². The zero-order valence-corrected chi connectivity index (χ0v) is 14.1. The van der Waals surface area contributed by atoms with Crippen molar-refractivity contribution in [3.8, 4) is 11.3 Å². The summed E-state index contributed by atoms with van der Waals surface area (Å²) in [5.74, 6) is 1.46. The van der Waals surface area contributed by atoms with E-state index in [1.807, 2.05) is 13.0 Å². The number of nitro benzene ring substituents is 1. The molecule has 0 unspecified atom stereocenters. The molecule has 0 saturated carbocycles. The number of amides is 1. The summed E-state index contributed by atoms with van der Waals surface area (Å²) in [7, 11) is 0. The Morgan fingerprint density at radius 1 is 1.15 bits per heavy atom. The number of hydrazone groups is 1. The first kappa shape index (κ1) is 17.2. The zero-order valence-electron chi connectivity index (χ0n) is 14.1. The Labute approximate surface area is 148 Å².